The highest BCUT2D eigenvalue weighted by atomic mass is 32.2. The van der Waals surface area contributed by atoms with Gasteiger partial charge in [-0.25, -0.2) is 9.78 Å². The molecule has 1 atom stereocenters. The van der Waals surface area contributed by atoms with Gasteiger partial charge >= 0.3 is 6.03 Å². The van der Waals surface area contributed by atoms with Crippen LogP contribution >= 0.6 is 11.8 Å². The van der Waals surface area contributed by atoms with Crippen LogP contribution in [0.5, 0.6) is 0 Å². The number of amides is 2. The van der Waals surface area contributed by atoms with Crippen molar-refractivity contribution in [1.82, 2.24) is 14.9 Å². The first kappa shape index (κ1) is 17.5. The number of likely N-dealkylation sites (tertiary alicyclic amines) is 1. The van der Waals surface area contributed by atoms with Crippen molar-refractivity contribution < 1.29 is 4.79 Å². The van der Waals surface area contributed by atoms with E-state index in [1.54, 1.807) is 29.7 Å². The molecule has 0 spiro atoms. The first-order valence-corrected chi connectivity index (χ1v) is 9.55. The Morgan fingerprint density at radius 1 is 1.36 bits per heavy atom. The summed E-state index contributed by atoms with van der Waals surface area (Å²) in [5.74, 6) is 0.706. The van der Waals surface area contributed by atoms with E-state index in [1.807, 2.05) is 30.5 Å². The highest BCUT2D eigenvalue weighted by molar-refractivity contribution is 7.98. The van der Waals surface area contributed by atoms with Gasteiger partial charge in [-0.05, 0) is 50.3 Å². The van der Waals surface area contributed by atoms with Crippen LogP contribution in [0.2, 0.25) is 0 Å². The Balaban J connectivity index is 1.67. The predicted molar refractivity (Wildman–Crippen MR) is 100 cm³/mol. The van der Waals surface area contributed by atoms with Crippen molar-refractivity contribution in [3.8, 4) is 0 Å². The fourth-order valence-electron chi connectivity index (χ4n) is 3.09. The number of hydrogen-bond acceptors (Lipinski definition) is 4. The summed E-state index contributed by atoms with van der Waals surface area (Å²) in [6, 6.07) is 9.23. The standard InChI is InChI=1S/C18H22N4O2S/c1-12-19-16(10-17(23)20-12)13-4-3-9-22(11-13)18(24)21-14-5-7-15(25-2)8-6-14/h5-8,10,13H,3-4,9,11H2,1-2H3,(H,21,24)(H,19,20,23)/t13-/m1/s1. The quantitative estimate of drug-likeness (QED) is 0.826. The number of piperidine rings is 1. The second kappa shape index (κ2) is 7.74. The molecule has 2 heterocycles. The number of rotatable bonds is 3. The van der Waals surface area contributed by atoms with E-state index in [0.717, 1.165) is 29.1 Å². The first-order valence-electron chi connectivity index (χ1n) is 8.33. The van der Waals surface area contributed by atoms with Gasteiger partial charge in [0.05, 0.1) is 5.69 Å². The zero-order valence-electron chi connectivity index (χ0n) is 14.4. The number of aromatic nitrogens is 2. The minimum Gasteiger partial charge on any atom is -0.324 e. The van der Waals surface area contributed by atoms with Crippen LogP contribution in [0.4, 0.5) is 10.5 Å². The fraction of sp³-hybridized carbons (Fsp3) is 0.389. The van der Waals surface area contributed by atoms with Gasteiger partial charge in [-0.1, -0.05) is 0 Å². The molecule has 1 fully saturated rings. The number of benzene rings is 1. The second-order valence-corrected chi connectivity index (χ2v) is 7.08. The van der Waals surface area contributed by atoms with Gasteiger partial charge in [0.25, 0.3) is 5.56 Å². The summed E-state index contributed by atoms with van der Waals surface area (Å²) in [6.45, 7) is 3.06. The first-order chi connectivity index (χ1) is 12.0. The molecule has 0 aliphatic carbocycles. The Kier molecular flexibility index (Phi) is 5.43. The Labute approximate surface area is 151 Å². The van der Waals surface area contributed by atoms with E-state index in [2.05, 4.69) is 15.3 Å². The average Bonchev–Trinajstić information content (AvgIpc) is 2.61. The fourth-order valence-corrected chi connectivity index (χ4v) is 3.50. The predicted octanol–water partition coefficient (Wildman–Crippen LogP) is 3.21. The number of carbonyl (C=O) groups excluding carboxylic acids is 1. The summed E-state index contributed by atoms with van der Waals surface area (Å²) in [5, 5.41) is 2.95. The van der Waals surface area contributed by atoms with Gasteiger partial charge in [-0.3, -0.25) is 4.79 Å². The number of nitrogens with one attached hydrogen (secondary N) is 2. The molecule has 1 aliphatic rings. The average molecular weight is 358 g/mol. The van der Waals surface area contributed by atoms with Crippen LogP contribution in [0.1, 0.15) is 30.3 Å². The lowest BCUT2D eigenvalue weighted by molar-refractivity contribution is 0.192. The van der Waals surface area contributed by atoms with E-state index in [-0.39, 0.29) is 17.5 Å². The molecule has 2 amide bonds. The van der Waals surface area contributed by atoms with Crippen LogP contribution in [0.3, 0.4) is 0 Å². The van der Waals surface area contributed by atoms with E-state index < -0.39 is 0 Å². The van der Waals surface area contributed by atoms with Crippen molar-refractivity contribution in [2.75, 3.05) is 24.7 Å². The second-order valence-electron chi connectivity index (χ2n) is 6.20. The number of carbonyl (C=O) groups is 1. The number of urea groups is 1. The van der Waals surface area contributed by atoms with E-state index in [4.69, 9.17) is 0 Å². The highest BCUT2D eigenvalue weighted by Crippen LogP contribution is 2.25. The number of nitrogens with zero attached hydrogens (tertiary/aromatic N) is 2. The summed E-state index contributed by atoms with van der Waals surface area (Å²) < 4.78 is 0. The summed E-state index contributed by atoms with van der Waals surface area (Å²) in [7, 11) is 0. The third-order valence-electron chi connectivity index (χ3n) is 4.35. The largest absolute Gasteiger partial charge is 0.324 e. The lowest BCUT2D eigenvalue weighted by atomic mass is 9.94. The number of aromatic amines is 1. The van der Waals surface area contributed by atoms with Crippen molar-refractivity contribution in [3.63, 3.8) is 0 Å². The Morgan fingerprint density at radius 2 is 2.12 bits per heavy atom. The van der Waals surface area contributed by atoms with E-state index in [9.17, 15) is 9.59 Å². The Bertz CT molecular complexity index is 803. The summed E-state index contributed by atoms with van der Waals surface area (Å²) >= 11 is 1.67. The molecule has 2 N–H and O–H groups in total. The minimum absolute atomic E-state index is 0.0966. The SMILES string of the molecule is CSc1ccc(NC(=O)N2CCC[C@@H](c3cc(=O)[nH]c(C)n3)C2)cc1. The molecular weight excluding hydrogens is 336 g/mol. The van der Waals surface area contributed by atoms with Crippen LogP contribution in [-0.2, 0) is 0 Å². The highest BCUT2D eigenvalue weighted by Gasteiger charge is 2.26. The minimum atomic E-state index is -0.141. The number of thioether (sulfide) groups is 1. The molecule has 0 bridgehead atoms. The molecule has 25 heavy (non-hydrogen) atoms. The lowest BCUT2D eigenvalue weighted by Crippen LogP contribution is -2.42. The summed E-state index contributed by atoms with van der Waals surface area (Å²) in [5.41, 5.74) is 1.41. The van der Waals surface area contributed by atoms with Gasteiger partial charge in [0, 0.05) is 35.7 Å². The number of anilines is 1. The normalized spacial score (nSPS) is 17.4. The molecule has 1 aromatic carbocycles. The number of aryl methyl sites for hydroxylation is 1. The summed E-state index contributed by atoms with van der Waals surface area (Å²) in [6.07, 6.45) is 3.85. The Morgan fingerprint density at radius 3 is 2.80 bits per heavy atom. The van der Waals surface area contributed by atoms with Crippen molar-refractivity contribution >= 4 is 23.5 Å². The van der Waals surface area contributed by atoms with Crippen LogP contribution < -0.4 is 10.9 Å². The van der Waals surface area contributed by atoms with Gasteiger partial charge in [-0.15, -0.1) is 11.8 Å². The zero-order valence-corrected chi connectivity index (χ0v) is 15.2. The molecule has 1 saturated heterocycles. The number of H-pyrrole nitrogens is 1. The van der Waals surface area contributed by atoms with Gasteiger partial charge in [0.2, 0.25) is 0 Å². The third-order valence-corrected chi connectivity index (χ3v) is 5.09. The molecule has 1 aromatic heterocycles. The van der Waals surface area contributed by atoms with Crippen LogP contribution in [0.15, 0.2) is 40.0 Å². The van der Waals surface area contributed by atoms with Crippen molar-refractivity contribution in [3.05, 3.63) is 52.2 Å². The zero-order chi connectivity index (χ0) is 17.8. The van der Waals surface area contributed by atoms with Crippen molar-refractivity contribution in [2.24, 2.45) is 0 Å². The molecule has 3 rings (SSSR count). The van der Waals surface area contributed by atoms with Crippen LogP contribution in [0.25, 0.3) is 0 Å². The molecular formula is C18H22N4O2S. The molecule has 0 unspecified atom stereocenters. The van der Waals surface area contributed by atoms with Gasteiger partial charge in [0.1, 0.15) is 5.82 Å². The van der Waals surface area contributed by atoms with Gasteiger partial charge in [-0.2, -0.15) is 0 Å². The monoisotopic (exact) mass is 358 g/mol. The maximum Gasteiger partial charge on any atom is 0.321 e. The third kappa shape index (κ3) is 4.42. The smallest absolute Gasteiger partial charge is 0.321 e. The van der Waals surface area contributed by atoms with E-state index >= 15 is 0 Å². The molecule has 7 heteroatoms. The molecule has 0 radical (unpaired) electrons. The van der Waals surface area contributed by atoms with Gasteiger partial charge in [0.15, 0.2) is 0 Å². The van der Waals surface area contributed by atoms with E-state index in [1.165, 1.54) is 0 Å². The van der Waals surface area contributed by atoms with E-state index in [0.29, 0.717) is 18.9 Å². The summed E-state index contributed by atoms with van der Waals surface area (Å²) in [4.78, 5) is 34.3. The maximum absolute atomic E-state index is 12.6. The van der Waals surface area contributed by atoms with Crippen LogP contribution in [-0.4, -0.2) is 40.2 Å². The molecule has 2 aromatic rings. The topological polar surface area (TPSA) is 78.1 Å². The molecule has 6 nitrogen and oxygen atoms in total. The number of hydrogen-bond donors (Lipinski definition) is 2. The van der Waals surface area contributed by atoms with Crippen molar-refractivity contribution in [1.29, 1.82) is 0 Å². The van der Waals surface area contributed by atoms with Crippen LogP contribution in [0, 0.1) is 6.92 Å². The molecule has 1 aliphatic heterocycles. The molecule has 0 saturated carbocycles. The van der Waals surface area contributed by atoms with Crippen molar-refractivity contribution in [2.45, 2.75) is 30.6 Å². The Hall–Kier alpha value is -2.28. The molecule has 132 valence electrons. The maximum atomic E-state index is 12.6. The lowest BCUT2D eigenvalue weighted by Gasteiger charge is -2.32. The van der Waals surface area contributed by atoms with Gasteiger partial charge < -0.3 is 15.2 Å².